The molecular weight excluding hydrogens is 420 g/mol. The van der Waals surface area contributed by atoms with Crippen LogP contribution in [0.5, 0.6) is 0 Å². The number of nitrogens with one attached hydrogen (secondary N) is 1. The molecule has 1 N–H and O–H groups in total. The zero-order valence-corrected chi connectivity index (χ0v) is 20.0. The summed E-state index contributed by atoms with van der Waals surface area (Å²) in [5.41, 5.74) is 5.99. The van der Waals surface area contributed by atoms with Crippen LogP contribution in [0.25, 0.3) is 0 Å². The van der Waals surface area contributed by atoms with Gasteiger partial charge in [-0.15, -0.1) is 0 Å². The molecule has 34 heavy (non-hydrogen) atoms. The van der Waals surface area contributed by atoms with E-state index in [1.165, 1.54) is 0 Å². The Kier molecular flexibility index (Phi) is 4.79. The highest BCUT2D eigenvalue weighted by atomic mass is 16.2. The molecule has 4 atom stereocenters. The molecule has 1 amide bonds. The summed E-state index contributed by atoms with van der Waals surface area (Å²) in [5.74, 6) is -0.530. The number of ketones is 1. The van der Waals surface area contributed by atoms with Gasteiger partial charge in [-0.25, -0.2) is 0 Å². The van der Waals surface area contributed by atoms with Crippen molar-refractivity contribution >= 4 is 17.4 Å². The minimum Gasteiger partial charge on any atom is -0.324 e. The van der Waals surface area contributed by atoms with Gasteiger partial charge in [0, 0.05) is 28.8 Å². The molecular formula is C30H30N2O2. The van der Waals surface area contributed by atoms with Crippen molar-refractivity contribution in [2.24, 2.45) is 5.92 Å². The van der Waals surface area contributed by atoms with Gasteiger partial charge in [-0.05, 0) is 51.3 Å². The van der Waals surface area contributed by atoms with Crippen molar-refractivity contribution < 1.29 is 9.59 Å². The second kappa shape index (κ2) is 7.64. The number of rotatable bonds is 3. The number of carbonyl (C=O) groups is 2. The van der Waals surface area contributed by atoms with Crippen LogP contribution < -0.4 is 5.32 Å². The molecule has 3 heterocycles. The van der Waals surface area contributed by atoms with Gasteiger partial charge in [0.05, 0.1) is 5.92 Å². The Bertz CT molecular complexity index is 1300. The minimum atomic E-state index is -0.990. The predicted molar refractivity (Wildman–Crippen MR) is 134 cm³/mol. The van der Waals surface area contributed by atoms with Crippen LogP contribution in [0.2, 0.25) is 0 Å². The van der Waals surface area contributed by atoms with Gasteiger partial charge in [0.1, 0.15) is 5.54 Å². The fourth-order valence-electron chi connectivity index (χ4n) is 6.96. The Balaban J connectivity index is 1.64. The summed E-state index contributed by atoms with van der Waals surface area (Å²) >= 11 is 0. The van der Waals surface area contributed by atoms with E-state index in [4.69, 9.17) is 0 Å². The molecule has 1 spiro atoms. The van der Waals surface area contributed by atoms with Gasteiger partial charge >= 0.3 is 0 Å². The standard InChI is InChI=1S/C30H30N2O2/c1-18-11-13-22(14-12-18)28(33)26-25(21-8-5-4-6-9-21)24-10-7-15-32(24)30(26)23-17-19(2)16-20(3)27(23)31-29(30)34/h4-6,8-9,11-14,16-17,24-26H,7,10,15H2,1-3H3,(H,31,34)/t24?,25?,26?,30-/m1/s1. The first-order valence-electron chi connectivity index (χ1n) is 12.3. The zero-order valence-electron chi connectivity index (χ0n) is 20.0. The molecule has 0 saturated carbocycles. The highest BCUT2D eigenvalue weighted by Crippen LogP contribution is 2.61. The van der Waals surface area contributed by atoms with Gasteiger partial charge in [-0.1, -0.05) is 77.9 Å². The molecule has 4 heteroatoms. The van der Waals surface area contributed by atoms with Crippen LogP contribution in [-0.2, 0) is 10.3 Å². The molecule has 0 radical (unpaired) electrons. The molecule has 2 saturated heterocycles. The van der Waals surface area contributed by atoms with E-state index in [2.05, 4.69) is 41.4 Å². The molecule has 2 fully saturated rings. The molecule has 3 aliphatic heterocycles. The molecule has 3 aliphatic rings. The number of amides is 1. The van der Waals surface area contributed by atoms with Crippen LogP contribution in [0.4, 0.5) is 5.69 Å². The first kappa shape index (κ1) is 21.3. The average molecular weight is 451 g/mol. The third-order valence-electron chi connectivity index (χ3n) is 8.25. The molecule has 3 aromatic rings. The summed E-state index contributed by atoms with van der Waals surface area (Å²) in [5, 5.41) is 3.22. The van der Waals surface area contributed by atoms with Crippen molar-refractivity contribution in [1.82, 2.24) is 4.90 Å². The predicted octanol–water partition coefficient (Wildman–Crippen LogP) is 5.52. The number of anilines is 1. The Morgan fingerprint density at radius 2 is 1.71 bits per heavy atom. The maximum absolute atomic E-state index is 14.5. The lowest BCUT2D eigenvalue weighted by Crippen LogP contribution is -2.52. The van der Waals surface area contributed by atoms with Crippen LogP contribution in [-0.4, -0.2) is 29.2 Å². The van der Waals surface area contributed by atoms with Crippen molar-refractivity contribution in [3.8, 4) is 0 Å². The summed E-state index contributed by atoms with van der Waals surface area (Å²) in [4.78, 5) is 31.0. The van der Waals surface area contributed by atoms with Gasteiger partial charge < -0.3 is 5.32 Å². The third-order valence-corrected chi connectivity index (χ3v) is 8.25. The molecule has 0 aromatic heterocycles. The SMILES string of the molecule is Cc1ccc(C(=O)C2C(c3ccccc3)C3CCCN3[C@@]23C(=O)Nc2c(C)cc(C)cc23)cc1. The summed E-state index contributed by atoms with van der Waals surface area (Å²) in [6.45, 7) is 6.98. The topological polar surface area (TPSA) is 49.4 Å². The number of nitrogens with zero attached hydrogens (tertiary/aromatic N) is 1. The maximum Gasteiger partial charge on any atom is 0.250 e. The summed E-state index contributed by atoms with van der Waals surface area (Å²) in [6, 6.07) is 22.6. The van der Waals surface area contributed by atoms with E-state index in [1.54, 1.807) is 0 Å². The molecule has 3 aromatic carbocycles. The van der Waals surface area contributed by atoms with E-state index in [0.29, 0.717) is 5.56 Å². The number of fused-ring (bicyclic) bond motifs is 4. The van der Waals surface area contributed by atoms with Gasteiger partial charge in [0.15, 0.2) is 5.78 Å². The molecule has 3 unspecified atom stereocenters. The van der Waals surface area contributed by atoms with E-state index >= 15 is 0 Å². The number of Topliss-reactive ketones (excluding diaryl/α,β-unsaturated/α-hetero) is 1. The second-order valence-electron chi connectivity index (χ2n) is 10.3. The molecule has 6 rings (SSSR count). The quantitative estimate of drug-likeness (QED) is 0.535. The van der Waals surface area contributed by atoms with Crippen molar-refractivity contribution in [3.05, 3.63) is 100 Å². The Hall–Kier alpha value is -3.24. The minimum absolute atomic E-state index is 0.0463. The Labute approximate surface area is 201 Å². The van der Waals surface area contributed by atoms with E-state index in [0.717, 1.165) is 52.9 Å². The highest BCUT2D eigenvalue weighted by Gasteiger charge is 2.69. The van der Waals surface area contributed by atoms with Gasteiger partial charge in [-0.2, -0.15) is 0 Å². The van der Waals surface area contributed by atoms with Gasteiger partial charge in [0.25, 0.3) is 0 Å². The number of hydrogen-bond donors (Lipinski definition) is 1. The summed E-state index contributed by atoms with van der Waals surface area (Å²) in [6.07, 6.45) is 2.03. The van der Waals surface area contributed by atoms with Crippen LogP contribution in [0, 0.1) is 26.7 Å². The van der Waals surface area contributed by atoms with Crippen molar-refractivity contribution in [2.75, 3.05) is 11.9 Å². The van der Waals surface area contributed by atoms with E-state index in [9.17, 15) is 9.59 Å². The molecule has 4 nitrogen and oxygen atoms in total. The number of benzene rings is 3. The summed E-state index contributed by atoms with van der Waals surface area (Å²) in [7, 11) is 0. The lowest BCUT2D eigenvalue weighted by atomic mass is 9.68. The fourth-order valence-corrected chi connectivity index (χ4v) is 6.96. The second-order valence-corrected chi connectivity index (χ2v) is 10.3. The van der Waals surface area contributed by atoms with E-state index in [1.807, 2.05) is 56.3 Å². The Morgan fingerprint density at radius 3 is 2.44 bits per heavy atom. The highest BCUT2D eigenvalue weighted by molar-refractivity contribution is 6.13. The fraction of sp³-hybridized carbons (Fsp3) is 0.333. The largest absolute Gasteiger partial charge is 0.324 e. The van der Waals surface area contributed by atoms with Crippen molar-refractivity contribution in [1.29, 1.82) is 0 Å². The van der Waals surface area contributed by atoms with E-state index in [-0.39, 0.29) is 23.7 Å². The molecule has 172 valence electrons. The van der Waals surface area contributed by atoms with E-state index < -0.39 is 11.5 Å². The lowest BCUT2D eigenvalue weighted by Gasteiger charge is -2.37. The Morgan fingerprint density at radius 1 is 0.971 bits per heavy atom. The molecule has 0 aliphatic carbocycles. The first-order valence-corrected chi connectivity index (χ1v) is 12.3. The van der Waals surface area contributed by atoms with Crippen molar-refractivity contribution in [2.45, 2.75) is 51.1 Å². The van der Waals surface area contributed by atoms with Gasteiger partial charge in [-0.3, -0.25) is 14.5 Å². The lowest BCUT2D eigenvalue weighted by molar-refractivity contribution is -0.127. The van der Waals surface area contributed by atoms with Crippen molar-refractivity contribution in [3.63, 3.8) is 0 Å². The number of carbonyl (C=O) groups excluding carboxylic acids is 2. The zero-order chi connectivity index (χ0) is 23.6. The molecule has 0 bridgehead atoms. The number of aryl methyl sites for hydroxylation is 3. The number of hydrogen-bond acceptors (Lipinski definition) is 3. The van der Waals surface area contributed by atoms with Crippen LogP contribution in [0.3, 0.4) is 0 Å². The smallest absolute Gasteiger partial charge is 0.250 e. The summed E-state index contributed by atoms with van der Waals surface area (Å²) < 4.78 is 0. The third kappa shape index (κ3) is 2.81. The van der Waals surface area contributed by atoms with Gasteiger partial charge in [0.2, 0.25) is 5.91 Å². The van der Waals surface area contributed by atoms with Crippen LogP contribution in [0.15, 0.2) is 66.7 Å². The first-order chi connectivity index (χ1) is 16.4. The monoisotopic (exact) mass is 450 g/mol. The van der Waals surface area contributed by atoms with Crippen LogP contribution in [0.1, 0.15) is 56.9 Å². The maximum atomic E-state index is 14.5. The van der Waals surface area contributed by atoms with Crippen LogP contribution >= 0.6 is 0 Å². The normalized spacial score (nSPS) is 27.6. The average Bonchev–Trinajstić information content (AvgIpc) is 3.49.